The maximum atomic E-state index is 14.0. The number of hydrogen-bond acceptors (Lipinski definition) is 17. The average molecular weight is 1730 g/mol. The molecule has 16 aliphatic rings. The van der Waals surface area contributed by atoms with Gasteiger partial charge in [0.05, 0.1) is 10.0 Å². The molecule has 0 bridgehead atoms. The van der Waals surface area contributed by atoms with Gasteiger partial charge in [0, 0.05) is 232 Å². The predicted octanol–water partition coefficient (Wildman–Crippen LogP) is 18.0. The molecule has 5 N–H and O–H groups in total. The number of rotatable bonds is 7. The summed E-state index contributed by atoms with van der Waals surface area (Å²) in [6.07, 6.45) is 7.86. The lowest BCUT2D eigenvalue weighted by atomic mass is 9.96. The number of thiophene rings is 2. The van der Waals surface area contributed by atoms with Gasteiger partial charge >= 0.3 is 0 Å². The van der Waals surface area contributed by atoms with Crippen LogP contribution >= 0.6 is 69.4 Å². The molecule has 13 saturated heterocycles. The van der Waals surface area contributed by atoms with E-state index in [1.54, 1.807) is 52.0 Å². The number of nitrogens with zero attached hydrogens (tertiary/aromatic N) is 8. The van der Waals surface area contributed by atoms with Crippen molar-refractivity contribution in [3.63, 3.8) is 0 Å². The molecule has 13 nitrogen and oxygen atoms in total. The largest absolute Gasteiger partial charge is 0.371 e. The molecule has 0 radical (unpaired) electrons. The third-order valence-corrected chi connectivity index (χ3v) is 35.4. The second-order valence-electron chi connectivity index (χ2n) is 38.2. The van der Waals surface area contributed by atoms with Crippen molar-refractivity contribution in [1.82, 2.24) is 36.4 Å². The van der Waals surface area contributed by atoms with Gasteiger partial charge in [0.1, 0.15) is 11.6 Å². The van der Waals surface area contributed by atoms with E-state index >= 15 is 0 Å². The second kappa shape index (κ2) is 37.0. The van der Waals surface area contributed by atoms with Crippen molar-refractivity contribution in [3.8, 4) is 0 Å². The van der Waals surface area contributed by atoms with Crippen LogP contribution in [0.2, 0.25) is 10.0 Å². The summed E-state index contributed by atoms with van der Waals surface area (Å²) in [5.74, 6) is 13.1. The molecule has 17 heterocycles. The maximum Gasteiger partial charge on any atom is 0.133 e. The van der Waals surface area contributed by atoms with Crippen LogP contribution in [0.4, 0.5) is 42.9 Å². The Morgan fingerprint density at radius 1 is 0.383 bits per heavy atom. The van der Waals surface area contributed by atoms with Gasteiger partial charge in [0.2, 0.25) is 0 Å². The van der Waals surface area contributed by atoms with Crippen molar-refractivity contribution in [1.29, 1.82) is 0 Å². The van der Waals surface area contributed by atoms with Crippen molar-refractivity contribution in [2.75, 3.05) is 212 Å². The van der Waals surface area contributed by atoms with E-state index in [0.29, 0.717) is 16.0 Å². The van der Waals surface area contributed by atoms with Crippen LogP contribution in [0.15, 0.2) is 148 Å². The SMILES string of the molecule is CN1CC2CCN(c3ccc4c(c3)CCS4)C2C1.Cc1cccc(N2CC3CN(C)CC3C2)c1C.Cc1cccc(N2CC3CNCC3C2)c1C.Clc1ccc(C2CC3CNCC3C2)cc1Cl.Fc1cc(N2CC3CNCC3C2)c2ccsc2c1.Fc1cc(N2CC3CNCC3C2)cc2sccc12.c1cc2c(cc1N1CCC3CNCC31)CCS2. The minimum atomic E-state index is -0.116. The smallest absolute Gasteiger partial charge is 0.133 e. The van der Waals surface area contributed by atoms with Gasteiger partial charge in [-0.25, -0.2) is 8.78 Å². The molecule has 2 aromatic heterocycles. The molecular weight excluding hydrogens is 1610 g/mol. The van der Waals surface area contributed by atoms with Crippen LogP contribution in [0.3, 0.4) is 0 Å². The standard InChI is InChI=1S/C15H20N2S.C15H22N2.2C14H15FN2S.C14H18N2S.C14H20N2.C13H15Cl2N/c1-16-9-12-4-6-17(14(12)10-16)13-2-3-15-11(8-13)5-7-18-15;1-11-5-4-6-15(12(11)2)17-9-13-7-16(3)8-14(13)10-17;15-13-3-11(4-14-12(13)1-2-18-14)17-7-9-5-16-6-10(9)8-17;15-11-3-13(12-1-2-18-14(12)4-11)17-7-9-5-16-6-10(9)8-17;1-2-14-10(4-6-17-14)7-12(1)16-5-3-11-8-15-9-13(11)16;1-10-4-3-5-14(11(10)2)16-8-12-6-15-7-13(12)9-16;14-12-2-1-8(5-13(12)15)9-3-10-6-16-7-11(10)4-9/h2-3,8,12,14H,4-7,9-10H2,1H3;4-6,13-14H,7-10H2,1-3H3;2*1-4,9-10,16H,5-8H2;1-2,7,11,13,15H,3-6,8-9H2;3-5,12-13,15H,6-9H2,1-2H3;1-2,5,9-11,16H,3-4,6-7H2. The van der Waals surface area contributed by atoms with E-state index in [9.17, 15) is 8.78 Å². The highest BCUT2D eigenvalue weighted by Gasteiger charge is 2.45. The zero-order valence-electron chi connectivity index (χ0n) is 71.3. The van der Waals surface area contributed by atoms with Crippen LogP contribution in [0, 0.1) is 110 Å². The van der Waals surface area contributed by atoms with Gasteiger partial charge in [0.25, 0.3) is 0 Å². The summed E-state index contributed by atoms with van der Waals surface area (Å²) in [6, 6.07) is 46.4. The van der Waals surface area contributed by atoms with E-state index in [1.807, 2.05) is 52.5 Å². The lowest BCUT2D eigenvalue weighted by molar-refractivity contribution is 0.386. The number of hydrogen-bond donors (Lipinski definition) is 5. The Morgan fingerprint density at radius 3 is 1.41 bits per heavy atom. The molecule has 120 heavy (non-hydrogen) atoms. The number of halogens is 4. The van der Waals surface area contributed by atoms with Gasteiger partial charge in [-0.05, 0) is 317 Å². The lowest BCUT2D eigenvalue weighted by Crippen LogP contribution is -2.34. The van der Waals surface area contributed by atoms with Crippen LogP contribution in [-0.2, 0) is 12.8 Å². The molecule has 14 atom stereocenters. The highest BCUT2D eigenvalue weighted by molar-refractivity contribution is 7.99. The average Bonchev–Trinajstić information content (AvgIpc) is 1.67. The van der Waals surface area contributed by atoms with E-state index in [1.165, 1.54) is 220 Å². The zero-order valence-corrected chi connectivity index (χ0v) is 76.1. The Balaban J connectivity index is 0.0000000926. The summed E-state index contributed by atoms with van der Waals surface area (Å²) in [4.78, 5) is 23.2. The Kier molecular flexibility index (Phi) is 25.8. The van der Waals surface area contributed by atoms with Gasteiger partial charge in [-0.2, -0.15) is 0 Å². The first-order valence-electron chi connectivity index (χ1n) is 45.4. The van der Waals surface area contributed by atoms with E-state index in [-0.39, 0.29) is 11.6 Å². The molecule has 21 heteroatoms. The minimum absolute atomic E-state index is 0.0843. The van der Waals surface area contributed by atoms with E-state index < -0.39 is 0 Å². The quantitative estimate of drug-likeness (QED) is 0.105. The molecule has 1 aliphatic carbocycles. The summed E-state index contributed by atoms with van der Waals surface area (Å²) < 4.78 is 29.8. The number of thioether (sulfide) groups is 2. The van der Waals surface area contributed by atoms with Crippen LogP contribution in [-0.4, -0.2) is 205 Å². The minimum Gasteiger partial charge on any atom is -0.371 e. The number of aryl methyl sites for hydroxylation is 4. The van der Waals surface area contributed by atoms with Gasteiger partial charge < -0.3 is 65.8 Å². The molecule has 14 fully saturated rings. The van der Waals surface area contributed by atoms with Crippen LogP contribution in [0.1, 0.15) is 70.5 Å². The molecule has 9 aromatic rings. The van der Waals surface area contributed by atoms with Crippen molar-refractivity contribution in [2.24, 2.45) is 71.0 Å². The van der Waals surface area contributed by atoms with E-state index in [4.69, 9.17) is 23.2 Å². The molecule has 0 spiro atoms. The Hall–Kier alpha value is -5.88. The summed E-state index contributed by atoms with van der Waals surface area (Å²) in [6.45, 7) is 37.4. The first kappa shape index (κ1) is 83.7. The molecular formula is C99H125Cl2F2N13S4. The Bertz CT molecular complexity index is 5020. The molecule has 25 rings (SSSR count). The Morgan fingerprint density at radius 2 is 0.850 bits per heavy atom. The first-order valence-corrected chi connectivity index (χ1v) is 49.8. The fourth-order valence-electron chi connectivity index (χ4n) is 23.8. The number of nitrogens with one attached hydrogen (secondary N) is 5. The summed E-state index contributed by atoms with van der Waals surface area (Å²) in [7, 11) is 4.51. The number of benzene rings is 7. The lowest BCUT2D eigenvalue weighted by Gasteiger charge is -2.27. The number of likely N-dealkylation sites (tertiary alicyclic amines) is 2. The normalized spacial score (nSPS) is 29.4. The molecule has 638 valence electrons. The van der Waals surface area contributed by atoms with Crippen LogP contribution < -0.4 is 56.0 Å². The number of anilines is 6. The number of fused-ring (bicyclic) bond motifs is 11. The van der Waals surface area contributed by atoms with Gasteiger partial charge in [-0.1, -0.05) is 53.5 Å². The predicted molar refractivity (Wildman–Crippen MR) is 507 cm³/mol. The molecule has 7 aromatic carbocycles. The van der Waals surface area contributed by atoms with Crippen molar-refractivity contribution >= 4 is 124 Å². The van der Waals surface area contributed by atoms with Crippen molar-refractivity contribution in [2.45, 2.75) is 94.0 Å². The van der Waals surface area contributed by atoms with Crippen LogP contribution in [0.5, 0.6) is 0 Å². The molecule has 15 aliphatic heterocycles. The fourth-order valence-corrected chi connectivity index (χ4v) is 27.9. The van der Waals surface area contributed by atoms with Gasteiger partial charge in [-0.3, -0.25) is 0 Å². The molecule has 1 saturated carbocycles. The fraction of sp³-hybridized carbons (Fsp3) is 0.535. The monoisotopic (exact) mass is 1730 g/mol. The first-order chi connectivity index (χ1) is 58.5. The summed E-state index contributed by atoms with van der Waals surface area (Å²) in [5, 5.41) is 24.7. The topological polar surface area (TPSA) is 86.1 Å². The molecule has 14 unspecified atom stereocenters. The second-order valence-corrected chi connectivity index (χ2v) is 43.1. The van der Waals surface area contributed by atoms with E-state index in [2.05, 4.69) is 199 Å². The maximum absolute atomic E-state index is 14.0. The van der Waals surface area contributed by atoms with Crippen molar-refractivity contribution in [3.05, 3.63) is 199 Å². The summed E-state index contributed by atoms with van der Waals surface area (Å²) in [5.41, 5.74) is 18.2. The van der Waals surface area contributed by atoms with Gasteiger partial charge in [-0.15, -0.1) is 46.2 Å². The highest BCUT2D eigenvalue weighted by Crippen LogP contribution is 2.47. The van der Waals surface area contributed by atoms with Crippen molar-refractivity contribution < 1.29 is 8.78 Å². The summed E-state index contributed by atoms with van der Waals surface area (Å²) >= 11 is 19.3. The van der Waals surface area contributed by atoms with Crippen LogP contribution in [0.25, 0.3) is 20.2 Å². The third kappa shape index (κ3) is 18.0. The zero-order chi connectivity index (χ0) is 81.8. The Labute approximate surface area is 739 Å². The van der Waals surface area contributed by atoms with Gasteiger partial charge in [0.15, 0.2) is 0 Å². The van der Waals surface area contributed by atoms with E-state index in [0.717, 1.165) is 162 Å². The number of likely N-dealkylation sites (N-methyl/N-ethyl adjacent to an activating group) is 1. The third-order valence-electron chi connectivity index (χ3n) is 30.7. The molecule has 0 amide bonds. The highest BCUT2D eigenvalue weighted by atomic mass is 35.5.